The molecule has 2 aromatic rings. The van der Waals surface area contributed by atoms with Gasteiger partial charge in [-0.15, -0.1) is 0 Å². The average molecular weight is 403 g/mol. The van der Waals surface area contributed by atoms with Crippen molar-refractivity contribution in [3.63, 3.8) is 0 Å². The largest absolute Gasteiger partial charge is 0.483 e. The van der Waals surface area contributed by atoms with E-state index in [1.165, 1.54) is 4.31 Å². The molecular weight excluding hydrogens is 376 g/mol. The highest BCUT2D eigenvalue weighted by atomic mass is 32.2. The number of hydrogen-bond acceptors (Lipinski definition) is 4. The molecule has 1 saturated heterocycles. The maximum Gasteiger partial charge on any atom is 0.260 e. The molecule has 0 unspecified atom stereocenters. The molecule has 2 aromatic carbocycles. The zero-order chi connectivity index (χ0) is 20.1. The number of sulfonamides is 1. The molecule has 0 N–H and O–H groups in total. The second kappa shape index (κ2) is 8.75. The summed E-state index contributed by atoms with van der Waals surface area (Å²) in [6, 6.07) is 14.9. The summed E-state index contributed by atoms with van der Waals surface area (Å²) in [7, 11) is -3.39. The Balaban J connectivity index is 1.51. The molecule has 0 aromatic heterocycles. The molecule has 6 nitrogen and oxygen atoms in total. The van der Waals surface area contributed by atoms with E-state index >= 15 is 0 Å². The van der Waals surface area contributed by atoms with Crippen LogP contribution < -0.4 is 4.74 Å². The number of rotatable bonds is 6. The molecule has 0 bridgehead atoms. The van der Waals surface area contributed by atoms with Gasteiger partial charge < -0.3 is 9.64 Å². The third-order valence-electron chi connectivity index (χ3n) is 5.08. The lowest BCUT2D eigenvalue weighted by molar-refractivity contribution is -0.134. The lowest BCUT2D eigenvalue weighted by Gasteiger charge is -2.34. The standard InChI is InChI=1S/C21H26N2O4S/c1-17-7-6-10-20(18(17)2)27-15-21(24)22-11-13-23(14-12-22)28(25,26)16-19-8-4-3-5-9-19/h3-10H,11-16H2,1-2H3. The van der Waals surface area contributed by atoms with Crippen molar-refractivity contribution in [2.24, 2.45) is 0 Å². The van der Waals surface area contributed by atoms with Gasteiger partial charge in [0.25, 0.3) is 5.91 Å². The minimum atomic E-state index is -3.39. The maximum atomic E-state index is 12.6. The fourth-order valence-electron chi connectivity index (χ4n) is 3.20. The highest BCUT2D eigenvalue weighted by Gasteiger charge is 2.29. The number of piperazine rings is 1. The molecule has 150 valence electrons. The van der Waals surface area contributed by atoms with Crippen molar-refractivity contribution in [2.75, 3.05) is 32.8 Å². The van der Waals surface area contributed by atoms with Crippen molar-refractivity contribution in [3.05, 3.63) is 65.2 Å². The predicted octanol–water partition coefficient (Wildman–Crippen LogP) is 2.36. The number of carbonyl (C=O) groups excluding carboxylic acids is 1. The highest BCUT2D eigenvalue weighted by Crippen LogP contribution is 2.20. The molecule has 0 saturated carbocycles. The third kappa shape index (κ3) is 4.91. The number of carbonyl (C=O) groups is 1. The van der Waals surface area contributed by atoms with Gasteiger partial charge in [0, 0.05) is 26.2 Å². The van der Waals surface area contributed by atoms with Gasteiger partial charge in [-0.25, -0.2) is 8.42 Å². The van der Waals surface area contributed by atoms with Crippen molar-refractivity contribution in [1.29, 1.82) is 0 Å². The number of amides is 1. The van der Waals surface area contributed by atoms with E-state index in [0.717, 1.165) is 16.7 Å². The summed E-state index contributed by atoms with van der Waals surface area (Å²) in [5.74, 6) is 0.566. The normalized spacial score (nSPS) is 15.4. The van der Waals surface area contributed by atoms with Crippen LogP contribution in [-0.2, 0) is 20.6 Å². The van der Waals surface area contributed by atoms with E-state index in [9.17, 15) is 13.2 Å². The molecule has 1 fully saturated rings. The minimum Gasteiger partial charge on any atom is -0.483 e. The summed E-state index contributed by atoms with van der Waals surface area (Å²) < 4.78 is 32.4. The monoisotopic (exact) mass is 402 g/mol. The Kier molecular flexibility index (Phi) is 6.36. The number of benzene rings is 2. The van der Waals surface area contributed by atoms with Crippen LogP contribution in [0.1, 0.15) is 16.7 Å². The van der Waals surface area contributed by atoms with E-state index in [4.69, 9.17) is 4.74 Å². The van der Waals surface area contributed by atoms with Gasteiger partial charge in [0.15, 0.2) is 6.61 Å². The first-order valence-electron chi connectivity index (χ1n) is 9.35. The molecule has 1 heterocycles. The Labute approximate surface area is 166 Å². The van der Waals surface area contributed by atoms with Gasteiger partial charge in [-0.05, 0) is 36.6 Å². The van der Waals surface area contributed by atoms with Crippen LogP contribution in [0, 0.1) is 13.8 Å². The van der Waals surface area contributed by atoms with Crippen LogP contribution in [0.2, 0.25) is 0 Å². The lowest BCUT2D eigenvalue weighted by atomic mass is 10.1. The van der Waals surface area contributed by atoms with Crippen LogP contribution >= 0.6 is 0 Å². The van der Waals surface area contributed by atoms with E-state index in [2.05, 4.69) is 0 Å². The van der Waals surface area contributed by atoms with Gasteiger partial charge in [0.2, 0.25) is 10.0 Å². The number of nitrogens with zero attached hydrogens (tertiary/aromatic N) is 2. The van der Waals surface area contributed by atoms with Crippen LogP contribution in [0.4, 0.5) is 0 Å². The third-order valence-corrected chi connectivity index (χ3v) is 6.93. The Hall–Kier alpha value is -2.38. The van der Waals surface area contributed by atoms with E-state index in [1.54, 1.807) is 4.90 Å². The quantitative estimate of drug-likeness (QED) is 0.744. The molecule has 1 amide bonds. The van der Waals surface area contributed by atoms with Crippen LogP contribution in [-0.4, -0.2) is 56.3 Å². The maximum absolute atomic E-state index is 12.6. The Morgan fingerprint density at radius 2 is 1.64 bits per heavy atom. The molecular formula is C21H26N2O4S. The van der Waals surface area contributed by atoms with E-state index in [0.29, 0.717) is 31.9 Å². The Bertz CT molecular complexity index is 921. The second-order valence-electron chi connectivity index (χ2n) is 7.01. The summed E-state index contributed by atoms with van der Waals surface area (Å²) in [6.07, 6.45) is 0. The first-order chi connectivity index (χ1) is 13.4. The van der Waals surface area contributed by atoms with Crippen LogP contribution in [0.15, 0.2) is 48.5 Å². The van der Waals surface area contributed by atoms with Crippen LogP contribution in [0.5, 0.6) is 5.75 Å². The van der Waals surface area contributed by atoms with Gasteiger partial charge in [0.05, 0.1) is 5.75 Å². The number of ether oxygens (including phenoxy) is 1. The molecule has 0 atom stereocenters. The fourth-order valence-corrected chi connectivity index (χ4v) is 4.72. The molecule has 0 radical (unpaired) electrons. The summed E-state index contributed by atoms with van der Waals surface area (Å²) in [6.45, 7) is 5.30. The smallest absolute Gasteiger partial charge is 0.260 e. The van der Waals surface area contributed by atoms with E-state index < -0.39 is 10.0 Å². The summed E-state index contributed by atoms with van der Waals surface area (Å²) in [5, 5.41) is 0. The molecule has 7 heteroatoms. The average Bonchev–Trinajstić information content (AvgIpc) is 2.69. The second-order valence-corrected chi connectivity index (χ2v) is 8.98. The van der Waals surface area contributed by atoms with Crippen molar-refractivity contribution < 1.29 is 17.9 Å². The van der Waals surface area contributed by atoms with Gasteiger partial charge in [-0.3, -0.25) is 4.79 Å². The minimum absolute atomic E-state index is 0.0163. The van der Waals surface area contributed by atoms with Gasteiger partial charge in [-0.2, -0.15) is 4.31 Å². The number of aryl methyl sites for hydroxylation is 1. The Morgan fingerprint density at radius 3 is 2.32 bits per heavy atom. The molecule has 0 spiro atoms. The lowest BCUT2D eigenvalue weighted by Crippen LogP contribution is -2.51. The Morgan fingerprint density at radius 1 is 0.964 bits per heavy atom. The SMILES string of the molecule is Cc1cccc(OCC(=O)N2CCN(S(=O)(=O)Cc3ccccc3)CC2)c1C. The van der Waals surface area contributed by atoms with Crippen LogP contribution in [0.3, 0.4) is 0 Å². The number of hydrogen-bond donors (Lipinski definition) is 0. The van der Waals surface area contributed by atoms with Crippen molar-refractivity contribution >= 4 is 15.9 Å². The van der Waals surface area contributed by atoms with Gasteiger partial charge in [-0.1, -0.05) is 42.5 Å². The molecule has 1 aliphatic rings. The van der Waals surface area contributed by atoms with Crippen molar-refractivity contribution in [1.82, 2.24) is 9.21 Å². The first-order valence-corrected chi connectivity index (χ1v) is 11.0. The topological polar surface area (TPSA) is 66.9 Å². The van der Waals surface area contributed by atoms with E-state index in [-0.39, 0.29) is 18.3 Å². The van der Waals surface area contributed by atoms with Crippen LogP contribution in [0.25, 0.3) is 0 Å². The molecule has 28 heavy (non-hydrogen) atoms. The van der Waals surface area contributed by atoms with Crippen molar-refractivity contribution in [2.45, 2.75) is 19.6 Å². The molecule has 1 aliphatic heterocycles. The summed E-state index contributed by atoms with van der Waals surface area (Å²) in [4.78, 5) is 14.1. The van der Waals surface area contributed by atoms with Gasteiger partial charge in [0.1, 0.15) is 5.75 Å². The van der Waals surface area contributed by atoms with Gasteiger partial charge >= 0.3 is 0 Å². The van der Waals surface area contributed by atoms with Crippen molar-refractivity contribution in [3.8, 4) is 5.75 Å². The van der Waals surface area contributed by atoms with E-state index in [1.807, 2.05) is 62.4 Å². The summed E-state index contributed by atoms with van der Waals surface area (Å²) >= 11 is 0. The zero-order valence-corrected chi connectivity index (χ0v) is 17.1. The molecule has 0 aliphatic carbocycles. The fraction of sp³-hybridized carbons (Fsp3) is 0.381. The predicted molar refractivity (Wildman–Crippen MR) is 109 cm³/mol. The highest BCUT2D eigenvalue weighted by molar-refractivity contribution is 7.88. The summed E-state index contributed by atoms with van der Waals surface area (Å²) in [5.41, 5.74) is 2.90. The first kappa shape index (κ1) is 20.4. The molecule has 3 rings (SSSR count). The zero-order valence-electron chi connectivity index (χ0n) is 16.3.